The first-order valence-corrected chi connectivity index (χ1v) is 8.47. The Morgan fingerprint density at radius 1 is 1.21 bits per heavy atom. The summed E-state index contributed by atoms with van der Waals surface area (Å²) in [6.07, 6.45) is 0.462. The predicted octanol–water partition coefficient (Wildman–Crippen LogP) is 3.03. The lowest BCUT2D eigenvalue weighted by atomic mass is 9.97. The first-order valence-electron chi connectivity index (χ1n) is 8.47. The minimum absolute atomic E-state index is 0.271. The largest absolute Gasteiger partial charge is 0.416 e. The molecule has 0 radical (unpaired) electrons. The standard InChI is InChI=1S/C18H17F3N6O/c1-10-17(16(9-28)27(25-10)8-11-5-23-26(2)7-11)13-3-12(18(19,20)21)4-15-14(13)6-22-24-15/h3-7,28H,8-9H2,1-2H3,(H,22,24). The van der Waals surface area contributed by atoms with Crippen molar-refractivity contribution in [2.45, 2.75) is 26.3 Å². The van der Waals surface area contributed by atoms with Crippen LogP contribution in [-0.4, -0.2) is 34.9 Å². The minimum atomic E-state index is -4.51. The maximum Gasteiger partial charge on any atom is 0.416 e. The van der Waals surface area contributed by atoms with Crippen molar-refractivity contribution in [3.8, 4) is 11.1 Å². The zero-order valence-electron chi connectivity index (χ0n) is 15.1. The van der Waals surface area contributed by atoms with Crippen LogP contribution in [0.15, 0.2) is 30.7 Å². The van der Waals surface area contributed by atoms with Gasteiger partial charge >= 0.3 is 6.18 Å². The highest BCUT2D eigenvalue weighted by Crippen LogP contribution is 2.39. The number of aliphatic hydroxyl groups excluding tert-OH is 1. The van der Waals surface area contributed by atoms with Crippen LogP contribution in [-0.2, 0) is 26.4 Å². The van der Waals surface area contributed by atoms with Gasteiger partial charge in [0.25, 0.3) is 0 Å². The minimum Gasteiger partial charge on any atom is -0.390 e. The predicted molar refractivity (Wildman–Crippen MR) is 95.3 cm³/mol. The van der Waals surface area contributed by atoms with Gasteiger partial charge in [-0.1, -0.05) is 0 Å². The SMILES string of the molecule is Cc1nn(Cc2cnn(C)c2)c(CO)c1-c1cc(C(F)(F)F)cc2[nH]ncc12. The molecule has 3 heterocycles. The van der Waals surface area contributed by atoms with Crippen LogP contribution in [0.2, 0.25) is 0 Å². The van der Waals surface area contributed by atoms with Gasteiger partial charge in [0.2, 0.25) is 0 Å². The zero-order valence-corrected chi connectivity index (χ0v) is 15.1. The molecule has 0 spiro atoms. The normalized spacial score (nSPS) is 12.2. The van der Waals surface area contributed by atoms with E-state index >= 15 is 0 Å². The molecule has 7 nitrogen and oxygen atoms in total. The number of nitrogens with one attached hydrogen (secondary N) is 1. The molecule has 0 fully saturated rings. The van der Waals surface area contributed by atoms with Crippen LogP contribution in [0.25, 0.3) is 22.0 Å². The monoisotopic (exact) mass is 390 g/mol. The number of aromatic nitrogens is 6. The van der Waals surface area contributed by atoms with E-state index in [4.69, 9.17) is 0 Å². The first-order chi connectivity index (χ1) is 13.3. The highest BCUT2D eigenvalue weighted by Gasteiger charge is 2.32. The lowest BCUT2D eigenvalue weighted by Gasteiger charge is -2.12. The number of aryl methyl sites for hydroxylation is 2. The molecule has 146 valence electrons. The third kappa shape index (κ3) is 3.05. The molecular formula is C18H17F3N6O. The summed E-state index contributed by atoms with van der Waals surface area (Å²) < 4.78 is 43.4. The number of alkyl halides is 3. The first kappa shape index (κ1) is 18.2. The van der Waals surface area contributed by atoms with Gasteiger partial charge in [0.15, 0.2) is 0 Å². The summed E-state index contributed by atoms with van der Waals surface area (Å²) in [5.74, 6) is 0. The number of aliphatic hydroxyl groups is 1. The van der Waals surface area contributed by atoms with Crippen molar-refractivity contribution in [3.63, 3.8) is 0 Å². The summed E-state index contributed by atoms with van der Waals surface area (Å²) in [6, 6.07) is 2.11. The molecule has 4 aromatic rings. The van der Waals surface area contributed by atoms with E-state index < -0.39 is 11.7 Å². The Bertz CT molecular complexity index is 1150. The van der Waals surface area contributed by atoms with Crippen LogP contribution in [0.4, 0.5) is 13.2 Å². The van der Waals surface area contributed by atoms with Gasteiger partial charge in [-0.15, -0.1) is 0 Å². The van der Waals surface area contributed by atoms with Crippen molar-refractivity contribution in [1.82, 2.24) is 29.8 Å². The van der Waals surface area contributed by atoms with Gasteiger partial charge in [0.1, 0.15) is 0 Å². The molecule has 0 unspecified atom stereocenters. The van der Waals surface area contributed by atoms with Crippen molar-refractivity contribution in [2.24, 2.45) is 7.05 Å². The van der Waals surface area contributed by atoms with Crippen LogP contribution >= 0.6 is 0 Å². The molecule has 10 heteroatoms. The van der Waals surface area contributed by atoms with Crippen molar-refractivity contribution < 1.29 is 18.3 Å². The van der Waals surface area contributed by atoms with E-state index in [0.717, 1.165) is 17.7 Å². The smallest absolute Gasteiger partial charge is 0.390 e. The van der Waals surface area contributed by atoms with Gasteiger partial charge in [-0.3, -0.25) is 14.5 Å². The fourth-order valence-electron chi connectivity index (χ4n) is 3.42. The van der Waals surface area contributed by atoms with Crippen LogP contribution < -0.4 is 0 Å². The van der Waals surface area contributed by atoms with E-state index in [1.807, 2.05) is 6.20 Å². The Morgan fingerprint density at radius 2 is 2.00 bits per heavy atom. The van der Waals surface area contributed by atoms with E-state index in [0.29, 0.717) is 34.4 Å². The topological polar surface area (TPSA) is 84.5 Å². The highest BCUT2D eigenvalue weighted by atomic mass is 19.4. The average Bonchev–Trinajstić information content (AvgIpc) is 3.32. The van der Waals surface area contributed by atoms with Crippen LogP contribution in [0.3, 0.4) is 0 Å². The number of halogens is 3. The number of fused-ring (bicyclic) bond motifs is 1. The third-order valence-corrected chi connectivity index (χ3v) is 4.63. The Hall–Kier alpha value is -3.14. The second-order valence-corrected chi connectivity index (χ2v) is 6.60. The fraction of sp³-hybridized carbons (Fsp3) is 0.278. The Morgan fingerprint density at radius 3 is 2.64 bits per heavy atom. The molecule has 2 N–H and O–H groups in total. The number of hydrogen-bond acceptors (Lipinski definition) is 4. The molecular weight excluding hydrogens is 373 g/mol. The molecule has 0 saturated carbocycles. The number of benzene rings is 1. The Balaban J connectivity index is 1.91. The summed E-state index contributed by atoms with van der Waals surface area (Å²) in [6.45, 7) is 1.69. The quantitative estimate of drug-likeness (QED) is 0.561. The molecule has 0 bridgehead atoms. The second kappa shape index (κ2) is 6.48. The van der Waals surface area contributed by atoms with Crippen molar-refractivity contribution in [3.05, 3.63) is 53.2 Å². The summed E-state index contributed by atoms with van der Waals surface area (Å²) in [4.78, 5) is 0. The molecule has 0 aliphatic heterocycles. The maximum atomic E-state index is 13.4. The lowest BCUT2D eigenvalue weighted by molar-refractivity contribution is -0.137. The highest BCUT2D eigenvalue weighted by molar-refractivity contribution is 5.96. The van der Waals surface area contributed by atoms with Gasteiger partial charge in [0, 0.05) is 29.8 Å². The summed E-state index contributed by atoms with van der Waals surface area (Å²) >= 11 is 0. The number of hydrogen-bond donors (Lipinski definition) is 2. The molecule has 3 aromatic heterocycles. The summed E-state index contributed by atoms with van der Waals surface area (Å²) in [5, 5.41) is 25.6. The van der Waals surface area contributed by atoms with E-state index in [1.165, 1.54) is 6.20 Å². The van der Waals surface area contributed by atoms with Gasteiger partial charge in [-0.2, -0.15) is 28.5 Å². The Kier molecular flexibility index (Phi) is 4.22. The number of aromatic amines is 1. The molecule has 28 heavy (non-hydrogen) atoms. The number of H-pyrrole nitrogens is 1. The molecule has 0 aliphatic carbocycles. The second-order valence-electron chi connectivity index (χ2n) is 6.60. The van der Waals surface area contributed by atoms with E-state index in [1.54, 1.807) is 29.5 Å². The van der Waals surface area contributed by atoms with Crippen molar-refractivity contribution >= 4 is 10.9 Å². The molecule has 0 amide bonds. The molecule has 4 rings (SSSR count). The molecule has 0 saturated heterocycles. The van der Waals surface area contributed by atoms with Gasteiger partial charge in [-0.25, -0.2) is 0 Å². The third-order valence-electron chi connectivity index (χ3n) is 4.63. The van der Waals surface area contributed by atoms with Gasteiger partial charge in [-0.05, 0) is 24.6 Å². The number of rotatable bonds is 4. The van der Waals surface area contributed by atoms with Crippen LogP contribution in [0.1, 0.15) is 22.5 Å². The van der Waals surface area contributed by atoms with Crippen LogP contribution in [0, 0.1) is 6.92 Å². The summed E-state index contributed by atoms with van der Waals surface area (Å²) in [5.41, 5.74) is 2.11. The summed E-state index contributed by atoms with van der Waals surface area (Å²) in [7, 11) is 1.79. The zero-order chi connectivity index (χ0) is 20.1. The Labute approximate surface area is 157 Å². The average molecular weight is 390 g/mol. The van der Waals surface area contributed by atoms with E-state index in [2.05, 4.69) is 20.4 Å². The van der Waals surface area contributed by atoms with Crippen molar-refractivity contribution in [1.29, 1.82) is 0 Å². The van der Waals surface area contributed by atoms with E-state index in [-0.39, 0.29) is 12.1 Å². The number of nitrogens with zero attached hydrogens (tertiary/aromatic N) is 5. The van der Waals surface area contributed by atoms with Crippen LogP contribution in [0.5, 0.6) is 0 Å². The maximum absolute atomic E-state index is 13.4. The van der Waals surface area contributed by atoms with Gasteiger partial charge < -0.3 is 5.11 Å². The van der Waals surface area contributed by atoms with E-state index in [9.17, 15) is 18.3 Å². The van der Waals surface area contributed by atoms with Gasteiger partial charge in [0.05, 0.1) is 48.0 Å². The molecule has 0 aliphatic rings. The molecule has 0 atom stereocenters. The molecule has 1 aromatic carbocycles. The van der Waals surface area contributed by atoms with Crippen molar-refractivity contribution in [2.75, 3.05) is 0 Å². The fourth-order valence-corrected chi connectivity index (χ4v) is 3.42. The lowest BCUT2D eigenvalue weighted by Crippen LogP contribution is -2.07.